The highest BCUT2D eigenvalue weighted by Crippen LogP contribution is 2.26. The molecule has 0 bridgehead atoms. The fourth-order valence-electron chi connectivity index (χ4n) is 1.68. The van der Waals surface area contributed by atoms with Crippen LogP contribution in [0.1, 0.15) is 22.9 Å². The zero-order chi connectivity index (χ0) is 12.4. The smallest absolute Gasteiger partial charge is 0.132 e. The van der Waals surface area contributed by atoms with Crippen molar-refractivity contribution in [1.82, 2.24) is 4.98 Å². The first-order valence-electron chi connectivity index (χ1n) is 5.14. The van der Waals surface area contributed by atoms with Crippen LogP contribution in [0.25, 0.3) is 0 Å². The summed E-state index contributed by atoms with van der Waals surface area (Å²) in [6.07, 6.45) is 0.171. The van der Waals surface area contributed by atoms with Crippen molar-refractivity contribution in [1.29, 1.82) is 0 Å². The quantitative estimate of drug-likeness (QED) is 0.868. The van der Waals surface area contributed by atoms with Crippen molar-refractivity contribution in [3.05, 3.63) is 65.0 Å². The fraction of sp³-hybridized carbons (Fsp3) is 0.154. The van der Waals surface area contributed by atoms with Crippen LogP contribution < -0.4 is 0 Å². The summed E-state index contributed by atoms with van der Waals surface area (Å²) >= 11 is 0. The Kier molecular flexibility index (Phi) is 3.15. The van der Waals surface area contributed by atoms with E-state index in [1.807, 2.05) is 0 Å². The molecule has 17 heavy (non-hydrogen) atoms. The van der Waals surface area contributed by atoms with Crippen LogP contribution in [0.5, 0.6) is 0 Å². The van der Waals surface area contributed by atoms with Gasteiger partial charge in [0, 0.05) is 11.9 Å². The number of aliphatic hydroxyl groups excluding tert-OH is 1. The largest absolute Gasteiger partial charge is 0.383 e. The van der Waals surface area contributed by atoms with E-state index in [-0.39, 0.29) is 5.56 Å². The molecular weight excluding hydrogens is 224 g/mol. The van der Waals surface area contributed by atoms with Crippen LogP contribution in [0.15, 0.2) is 36.5 Å². The van der Waals surface area contributed by atoms with Gasteiger partial charge in [0.1, 0.15) is 17.7 Å². The van der Waals surface area contributed by atoms with E-state index in [1.165, 1.54) is 18.3 Å². The molecule has 0 fully saturated rings. The van der Waals surface area contributed by atoms with Crippen LogP contribution in [0.3, 0.4) is 0 Å². The Hall–Kier alpha value is -1.81. The molecule has 1 heterocycles. The highest BCUT2D eigenvalue weighted by molar-refractivity contribution is 5.31. The molecule has 2 aromatic rings. The molecule has 88 valence electrons. The predicted molar refractivity (Wildman–Crippen MR) is 59.4 cm³/mol. The van der Waals surface area contributed by atoms with Gasteiger partial charge >= 0.3 is 0 Å². The van der Waals surface area contributed by atoms with Gasteiger partial charge in [-0.2, -0.15) is 0 Å². The predicted octanol–water partition coefficient (Wildman–Crippen LogP) is 2.75. The molecule has 0 spiro atoms. The summed E-state index contributed by atoms with van der Waals surface area (Å²) < 4.78 is 26.9. The summed E-state index contributed by atoms with van der Waals surface area (Å²) in [4.78, 5) is 3.96. The van der Waals surface area contributed by atoms with E-state index in [4.69, 9.17) is 0 Å². The van der Waals surface area contributed by atoms with E-state index in [1.54, 1.807) is 13.0 Å². The van der Waals surface area contributed by atoms with Crippen molar-refractivity contribution >= 4 is 0 Å². The summed E-state index contributed by atoms with van der Waals surface area (Å²) in [6, 6.07) is 6.63. The van der Waals surface area contributed by atoms with Gasteiger partial charge in [-0.05, 0) is 36.8 Å². The molecular formula is C13H11F2NO. The molecule has 1 aromatic heterocycles. The Morgan fingerprint density at radius 3 is 2.41 bits per heavy atom. The van der Waals surface area contributed by atoms with Gasteiger partial charge in [0.05, 0.1) is 5.56 Å². The third kappa shape index (κ3) is 2.31. The molecule has 0 saturated heterocycles. The number of aliphatic hydroxyl groups is 1. The second kappa shape index (κ2) is 4.59. The summed E-state index contributed by atoms with van der Waals surface area (Å²) in [5.74, 6) is -1.51. The lowest BCUT2D eigenvalue weighted by atomic mass is 10.0. The van der Waals surface area contributed by atoms with E-state index in [2.05, 4.69) is 4.98 Å². The fourth-order valence-corrected chi connectivity index (χ4v) is 1.68. The summed E-state index contributed by atoms with van der Waals surface area (Å²) in [7, 11) is 0. The highest BCUT2D eigenvalue weighted by Gasteiger charge is 2.19. The molecule has 2 rings (SSSR count). The Morgan fingerprint density at radius 2 is 1.82 bits per heavy atom. The maximum Gasteiger partial charge on any atom is 0.132 e. The van der Waals surface area contributed by atoms with Gasteiger partial charge in [0.25, 0.3) is 0 Å². The lowest BCUT2D eigenvalue weighted by Gasteiger charge is -2.13. The number of hydrogen-bond donors (Lipinski definition) is 1. The molecule has 2 nitrogen and oxygen atoms in total. The number of aryl methyl sites for hydroxylation is 1. The number of aromatic nitrogens is 1. The van der Waals surface area contributed by atoms with E-state index < -0.39 is 17.7 Å². The molecule has 1 aromatic carbocycles. The molecule has 1 atom stereocenters. The second-order valence-corrected chi connectivity index (χ2v) is 3.77. The molecule has 0 aliphatic heterocycles. The van der Waals surface area contributed by atoms with Gasteiger partial charge < -0.3 is 5.11 Å². The summed E-state index contributed by atoms with van der Waals surface area (Å²) in [6.45, 7) is 1.74. The Labute approximate surface area is 97.6 Å². The van der Waals surface area contributed by atoms with Crippen LogP contribution in [-0.2, 0) is 0 Å². The Morgan fingerprint density at radius 1 is 1.18 bits per heavy atom. The molecule has 0 aliphatic carbocycles. The lowest BCUT2D eigenvalue weighted by molar-refractivity contribution is 0.209. The van der Waals surface area contributed by atoms with Gasteiger partial charge in [-0.3, -0.25) is 4.98 Å². The van der Waals surface area contributed by atoms with E-state index in [9.17, 15) is 13.9 Å². The van der Waals surface area contributed by atoms with Crippen molar-refractivity contribution in [2.75, 3.05) is 0 Å². The molecule has 4 heteroatoms. The highest BCUT2D eigenvalue weighted by atomic mass is 19.1. The van der Waals surface area contributed by atoms with Gasteiger partial charge in [-0.1, -0.05) is 6.07 Å². The van der Waals surface area contributed by atoms with Gasteiger partial charge in [0.15, 0.2) is 0 Å². The van der Waals surface area contributed by atoms with Gasteiger partial charge in [-0.15, -0.1) is 0 Å². The number of rotatable bonds is 2. The summed E-state index contributed by atoms with van der Waals surface area (Å²) in [5, 5.41) is 9.97. The average molecular weight is 235 g/mol. The van der Waals surface area contributed by atoms with Gasteiger partial charge in [0.2, 0.25) is 0 Å². The first kappa shape index (κ1) is 11.7. The Balaban J connectivity index is 2.47. The SMILES string of the molecule is Cc1cc(C(O)c2c(F)cccc2F)ccn1. The normalized spacial score (nSPS) is 12.5. The first-order valence-corrected chi connectivity index (χ1v) is 5.14. The molecule has 0 saturated carbocycles. The van der Waals surface area contributed by atoms with Crippen LogP contribution in [0.4, 0.5) is 8.78 Å². The molecule has 1 unspecified atom stereocenters. The average Bonchev–Trinajstić information content (AvgIpc) is 2.28. The number of nitrogens with zero attached hydrogens (tertiary/aromatic N) is 1. The van der Waals surface area contributed by atoms with Crippen molar-refractivity contribution in [2.24, 2.45) is 0 Å². The van der Waals surface area contributed by atoms with E-state index in [0.29, 0.717) is 11.3 Å². The minimum atomic E-state index is -1.32. The number of hydrogen-bond acceptors (Lipinski definition) is 2. The van der Waals surface area contributed by atoms with E-state index in [0.717, 1.165) is 12.1 Å². The molecule has 0 amide bonds. The van der Waals surface area contributed by atoms with Crippen molar-refractivity contribution in [3.8, 4) is 0 Å². The molecule has 1 N–H and O–H groups in total. The standard InChI is InChI=1S/C13H11F2NO/c1-8-7-9(5-6-16-8)13(17)12-10(14)3-2-4-11(12)15/h2-7,13,17H,1H3. The Bertz CT molecular complexity index is 522. The van der Waals surface area contributed by atoms with Crippen molar-refractivity contribution in [2.45, 2.75) is 13.0 Å². The zero-order valence-electron chi connectivity index (χ0n) is 9.19. The second-order valence-electron chi connectivity index (χ2n) is 3.77. The van der Waals surface area contributed by atoms with Crippen LogP contribution in [0.2, 0.25) is 0 Å². The summed E-state index contributed by atoms with van der Waals surface area (Å²) in [5.41, 5.74) is 0.762. The van der Waals surface area contributed by atoms with Crippen molar-refractivity contribution in [3.63, 3.8) is 0 Å². The third-order valence-electron chi connectivity index (χ3n) is 2.51. The van der Waals surface area contributed by atoms with E-state index >= 15 is 0 Å². The zero-order valence-corrected chi connectivity index (χ0v) is 9.19. The molecule has 0 aliphatic rings. The first-order chi connectivity index (χ1) is 8.09. The van der Waals surface area contributed by atoms with Crippen molar-refractivity contribution < 1.29 is 13.9 Å². The monoisotopic (exact) mass is 235 g/mol. The van der Waals surface area contributed by atoms with Gasteiger partial charge in [-0.25, -0.2) is 8.78 Å². The minimum absolute atomic E-state index is 0.335. The van der Waals surface area contributed by atoms with Crippen LogP contribution >= 0.6 is 0 Å². The lowest BCUT2D eigenvalue weighted by Crippen LogP contribution is -2.06. The third-order valence-corrected chi connectivity index (χ3v) is 2.51. The maximum atomic E-state index is 13.5. The molecule has 0 radical (unpaired) electrons. The number of benzene rings is 1. The number of halogens is 2. The number of pyridine rings is 1. The maximum absolute atomic E-state index is 13.5. The topological polar surface area (TPSA) is 33.1 Å². The van der Waals surface area contributed by atoms with Crippen LogP contribution in [-0.4, -0.2) is 10.1 Å². The van der Waals surface area contributed by atoms with Crippen LogP contribution in [0, 0.1) is 18.6 Å². The minimum Gasteiger partial charge on any atom is -0.383 e.